The second kappa shape index (κ2) is 4.91. The van der Waals surface area contributed by atoms with Crippen LogP contribution in [0, 0.1) is 5.41 Å². The summed E-state index contributed by atoms with van der Waals surface area (Å²) in [5, 5.41) is 0. The van der Waals surface area contributed by atoms with Gasteiger partial charge < -0.3 is 9.47 Å². The van der Waals surface area contributed by atoms with Crippen LogP contribution in [0.1, 0.15) is 71.9 Å². The van der Waals surface area contributed by atoms with Gasteiger partial charge in [0.1, 0.15) is 0 Å². The van der Waals surface area contributed by atoms with Crippen molar-refractivity contribution in [1.82, 2.24) is 0 Å². The Kier molecular flexibility index (Phi) is 3.50. The zero-order valence-corrected chi connectivity index (χ0v) is 15.0. The van der Waals surface area contributed by atoms with Crippen molar-refractivity contribution in [1.29, 1.82) is 0 Å². The minimum atomic E-state index is 0.0474. The summed E-state index contributed by atoms with van der Waals surface area (Å²) in [6.07, 6.45) is 3.78. The molecule has 0 radical (unpaired) electrons. The van der Waals surface area contributed by atoms with E-state index in [9.17, 15) is 0 Å². The number of benzene rings is 1. The molecule has 122 valence electrons. The van der Waals surface area contributed by atoms with Crippen molar-refractivity contribution < 1.29 is 9.47 Å². The van der Waals surface area contributed by atoms with Crippen molar-refractivity contribution in [2.45, 2.75) is 71.6 Å². The summed E-state index contributed by atoms with van der Waals surface area (Å²) in [7, 11) is 0. The summed E-state index contributed by atoms with van der Waals surface area (Å²) in [6, 6.07) is 4.52. The average molecular weight is 302 g/mol. The van der Waals surface area contributed by atoms with Crippen LogP contribution < -0.4 is 9.47 Å². The predicted octanol–water partition coefficient (Wildman–Crippen LogP) is 5.22. The summed E-state index contributed by atoms with van der Waals surface area (Å²) < 4.78 is 12.6. The molecule has 22 heavy (non-hydrogen) atoms. The minimum absolute atomic E-state index is 0.0474. The van der Waals surface area contributed by atoms with Gasteiger partial charge in [0.15, 0.2) is 11.5 Å². The van der Waals surface area contributed by atoms with Crippen molar-refractivity contribution in [3.8, 4) is 11.5 Å². The summed E-state index contributed by atoms with van der Waals surface area (Å²) >= 11 is 0. The van der Waals surface area contributed by atoms with Gasteiger partial charge in [-0.25, -0.2) is 0 Å². The van der Waals surface area contributed by atoms with E-state index < -0.39 is 0 Å². The Morgan fingerprint density at radius 1 is 0.864 bits per heavy atom. The first-order valence-electron chi connectivity index (χ1n) is 8.55. The second-order valence-corrected chi connectivity index (χ2v) is 9.28. The lowest BCUT2D eigenvalue weighted by molar-refractivity contribution is 0.0265. The molecule has 1 aliphatic carbocycles. The van der Waals surface area contributed by atoms with E-state index in [1.807, 2.05) is 0 Å². The third-order valence-electron chi connectivity index (χ3n) is 5.20. The van der Waals surface area contributed by atoms with E-state index in [1.54, 1.807) is 0 Å². The number of hydrogen-bond acceptors (Lipinski definition) is 2. The molecule has 1 saturated carbocycles. The summed E-state index contributed by atoms with van der Waals surface area (Å²) in [4.78, 5) is 0. The molecule has 3 rings (SSSR count). The summed E-state index contributed by atoms with van der Waals surface area (Å²) in [6.45, 7) is 15.1. The highest BCUT2D eigenvalue weighted by Crippen LogP contribution is 2.49. The first-order chi connectivity index (χ1) is 10.1. The lowest BCUT2D eigenvalue weighted by Gasteiger charge is -2.39. The zero-order chi connectivity index (χ0) is 16.2. The maximum absolute atomic E-state index is 6.31. The van der Waals surface area contributed by atoms with Gasteiger partial charge in [0.25, 0.3) is 0 Å². The standard InChI is InChI=1S/C20H30O2/c1-18(2,3)14-10-15(19(4,5)6)17-16(11-14)21-12-20(13-22-17)8-7-9-20/h10-11H,7-9,12-13H2,1-6H3. The lowest BCUT2D eigenvalue weighted by Crippen LogP contribution is -2.39. The molecule has 0 atom stereocenters. The highest BCUT2D eigenvalue weighted by molar-refractivity contribution is 5.54. The molecule has 0 saturated heterocycles. The van der Waals surface area contributed by atoms with Crippen LogP contribution in [0.15, 0.2) is 12.1 Å². The van der Waals surface area contributed by atoms with Gasteiger partial charge in [-0.15, -0.1) is 0 Å². The molecule has 2 heteroatoms. The van der Waals surface area contributed by atoms with E-state index in [0.717, 1.165) is 24.7 Å². The molecular weight excluding hydrogens is 272 g/mol. The Bertz CT molecular complexity index is 569. The van der Waals surface area contributed by atoms with Gasteiger partial charge in [-0.05, 0) is 35.3 Å². The fourth-order valence-corrected chi connectivity index (χ4v) is 3.31. The third kappa shape index (κ3) is 2.73. The number of ether oxygens (including phenoxy) is 2. The SMILES string of the molecule is CC(C)(C)c1cc2c(c(C(C)(C)C)c1)OCC1(CCC1)CO2. The van der Waals surface area contributed by atoms with Crippen LogP contribution in [0.3, 0.4) is 0 Å². The minimum Gasteiger partial charge on any atom is -0.489 e. The fraction of sp³-hybridized carbons (Fsp3) is 0.700. The molecule has 0 aromatic heterocycles. The molecule has 1 aliphatic heterocycles. The Labute approximate surface area is 135 Å². The van der Waals surface area contributed by atoms with Crippen molar-refractivity contribution in [3.63, 3.8) is 0 Å². The number of hydrogen-bond donors (Lipinski definition) is 0. The molecule has 0 amide bonds. The van der Waals surface area contributed by atoms with Gasteiger partial charge in [-0.2, -0.15) is 0 Å². The predicted molar refractivity (Wildman–Crippen MR) is 91.1 cm³/mol. The Morgan fingerprint density at radius 2 is 1.50 bits per heavy atom. The van der Waals surface area contributed by atoms with Crippen molar-refractivity contribution >= 4 is 0 Å². The van der Waals surface area contributed by atoms with E-state index in [1.165, 1.54) is 30.4 Å². The van der Waals surface area contributed by atoms with Gasteiger partial charge in [-0.3, -0.25) is 0 Å². The van der Waals surface area contributed by atoms with Gasteiger partial charge in [0.2, 0.25) is 0 Å². The lowest BCUT2D eigenvalue weighted by atomic mass is 9.70. The Hall–Kier alpha value is -1.18. The first kappa shape index (κ1) is 15.7. The van der Waals surface area contributed by atoms with E-state index in [2.05, 4.69) is 53.7 Å². The third-order valence-corrected chi connectivity index (χ3v) is 5.20. The molecule has 1 aromatic carbocycles. The van der Waals surface area contributed by atoms with Crippen LogP contribution in [0.2, 0.25) is 0 Å². The van der Waals surface area contributed by atoms with Crippen LogP contribution in [0.5, 0.6) is 11.5 Å². The van der Waals surface area contributed by atoms with Gasteiger partial charge >= 0.3 is 0 Å². The Morgan fingerprint density at radius 3 is 2.00 bits per heavy atom. The van der Waals surface area contributed by atoms with Crippen molar-refractivity contribution in [3.05, 3.63) is 23.3 Å². The van der Waals surface area contributed by atoms with Crippen LogP contribution in [0.4, 0.5) is 0 Å². The normalized spacial score (nSPS) is 20.5. The van der Waals surface area contributed by atoms with Crippen LogP contribution in [0.25, 0.3) is 0 Å². The smallest absolute Gasteiger partial charge is 0.164 e. The maximum Gasteiger partial charge on any atom is 0.164 e. The monoisotopic (exact) mass is 302 g/mol. The molecule has 1 heterocycles. The highest BCUT2D eigenvalue weighted by atomic mass is 16.5. The van der Waals surface area contributed by atoms with E-state index in [-0.39, 0.29) is 16.2 Å². The van der Waals surface area contributed by atoms with Crippen LogP contribution >= 0.6 is 0 Å². The van der Waals surface area contributed by atoms with Crippen molar-refractivity contribution in [2.75, 3.05) is 13.2 Å². The maximum atomic E-state index is 6.31. The topological polar surface area (TPSA) is 18.5 Å². The second-order valence-electron chi connectivity index (χ2n) is 9.28. The number of rotatable bonds is 0. The quantitative estimate of drug-likeness (QED) is 0.654. The molecule has 0 unspecified atom stereocenters. The van der Waals surface area contributed by atoms with Gasteiger partial charge in [0.05, 0.1) is 13.2 Å². The molecule has 0 N–H and O–H groups in total. The van der Waals surface area contributed by atoms with Crippen LogP contribution in [-0.2, 0) is 10.8 Å². The largest absolute Gasteiger partial charge is 0.489 e. The fourth-order valence-electron chi connectivity index (χ4n) is 3.31. The average Bonchev–Trinajstić information content (AvgIpc) is 2.54. The molecule has 1 spiro atoms. The molecule has 2 nitrogen and oxygen atoms in total. The molecular formula is C20H30O2. The summed E-state index contributed by atoms with van der Waals surface area (Å²) in [5.74, 6) is 1.92. The van der Waals surface area contributed by atoms with Gasteiger partial charge in [0, 0.05) is 11.0 Å². The van der Waals surface area contributed by atoms with Gasteiger partial charge in [-0.1, -0.05) is 54.0 Å². The molecule has 2 aliphatic rings. The van der Waals surface area contributed by atoms with Crippen molar-refractivity contribution in [2.24, 2.45) is 5.41 Å². The molecule has 1 aromatic rings. The molecule has 0 bridgehead atoms. The number of fused-ring (bicyclic) bond motifs is 1. The zero-order valence-electron chi connectivity index (χ0n) is 15.0. The van der Waals surface area contributed by atoms with E-state index in [4.69, 9.17) is 9.47 Å². The summed E-state index contributed by atoms with van der Waals surface area (Å²) in [5.41, 5.74) is 3.01. The van der Waals surface area contributed by atoms with Crippen LogP contribution in [-0.4, -0.2) is 13.2 Å². The molecule has 1 fully saturated rings. The van der Waals surface area contributed by atoms with E-state index in [0.29, 0.717) is 0 Å². The highest BCUT2D eigenvalue weighted by Gasteiger charge is 2.41. The first-order valence-corrected chi connectivity index (χ1v) is 8.55. The Balaban J connectivity index is 2.07. The van der Waals surface area contributed by atoms with E-state index >= 15 is 0 Å².